The van der Waals surface area contributed by atoms with Crippen LogP contribution in [0.15, 0.2) is 42.5 Å². The van der Waals surface area contributed by atoms with Gasteiger partial charge in [0.15, 0.2) is 0 Å². The fraction of sp³-hybridized carbons (Fsp3) is 0.389. The van der Waals surface area contributed by atoms with Crippen LogP contribution in [-0.4, -0.2) is 6.29 Å². The van der Waals surface area contributed by atoms with Crippen molar-refractivity contribution in [3.8, 4) is 0 Å². The molecule has 1 heteroatoms. The lowest BCUT2D eigenvalue weighted by molar-refractivity contribution is -0.104. The first-order valence-corrected chi connectivity index (χ1v) is 7.08. The molecule has 0 saturated heterocycles. The van der Waals surface area contributed by atoms with E-state index in [4.69, 9.17) is 0 Å². The summed E-state index contributed by atoms with van der Waals surface area (Å²) in [5.41, 5.74) is 3.86. The van der Waals surface area contributed by atoms with Crippen LogP contribution in [-0.2, 0) is 4.79 Å². The van der Waals surface area contributed by atoms with E-state index in [1.165, 1.54) is 42.9 Å². The van der Waals surface area contributed by atoms with E-state index < -0.39 is 0 Å². The second kappa shape index (κ2) is 6.51. The SMILES string of the molecule is C=C(C)C1CCC(c2ccc(/C=C/C=O)cc2)CC1. The molecule has 0 radical (unpaired) electrons. The number of benzene rings is 1. The summed E-state index contributed by atoms with van der Waals surface area (Å²) in [6.07, 6.45) is 9.26. The lowest BCUT2D eigenvalue weighted by atomic mass is 9.76. The number of rotatable bonds is 4. The summed E-state index contributed by atoms with van der Waals surface area (Å²) in [6.45, 7) is 6.23. The summed E-state index contributed by atoms with van der Waals surface area (Å²) in [6, 6.07) is 8.60. The van der Waals surface area contributed by atoms with Gasteiger partial charge in [0, 0.05) is 0 Å². The maximum Gasteiger partial charge on any atom is 0.142 e. The molecule has 0 atom stereocenters. The maximum absolute atomic E-state index is 10.3. The Morgan fingerprint density at radius 3 is 2.32 bits per heavy atom. The predicted molar refractivity (Wildman–Crippen MR) is 81.1 cm³/mol. The van der Waals surface area contributed by atoms with E-state index in [1.807, 2.05) is 6.08 Å². The lowest BCUT2D eigenvalue weighted by Crippen LogP contribution is -2.13. The average molecular weight is 254 g/mol. The first kappa shape index (κ1) is 13.8. The Morgan fingerprint density at radius 1 is 1.16 bits per heavy atom. The van der Waals surface area contributed by atoms with Gasteiger partial charge in [-0.1, -0.05) is 42.5 Å². The smallest absolute Gasteiger partial charge is 0.142 e. The van der Waals surface area contributed by atoms with Crippen molar-refractivity contribution >= 4 is 12.4 Å². The minimum absolute atomic E-state index is 0.694. The first-order chi connectivity index (χ1) is 9.20. The van der Waals surface area contributed by atoms with Gasteiger partial charge in [0.1, 0.15) is 6.29 Å². The van der Waals surface area contributed by atoms with Crippen molar-refractivity contribution in [2.45, 2.75) is 38.5 Å². The van der Waals surface area contributed by atoms with Gasteiger partial charge in [0.2, 0.25) is 0 Å². The zero-order valence-electron chi connectivity index (χ0n) is 11.6. The molecule has 0 amide bonds. The highest BCUT2D eigenvalue weighted by molar-refractivity contribution is 5.73. The van der Waals surface area contributed by atoms with Crippen molar-refractivity contribution in [3.05, 3.63) is 53.6 Å². The van der Waals surface area contributed by atoms with Crippen molar-refractivity contribution in [2.24, 2.45) is 5.92 Å². The second-order valence-corrected chi connectivity index (χ2v) is 5.56. The zero-order chi connectivity index (χ0) is 13.7. The van der Waals surface area contributed by atoms with E-state index in [-0.39, 0.29) is 0 Å². The van der Waals surface area contributed by atoms with E-state index in [0.717, 1.165) is 17.8 Å². The van der Waals surface area contributed by atoms with Gasteiger partial charge in [0.05, 0.1) is 0 Å². The second-order valence-electron chi connectivity index (χ2n) is 5.56. The third kappa shape index (κ3) is 3.66. The number of allylic oxidation sites excluding steroid dienone is 2. The molecule has 1 nitrogen and oxygen atoms in total. The van der Waals surface area contributed by atoms with Crippen molar-refractivity contribution in [1.29, 1.82) is 0 Å². The largest absolute Gasteiger partial charge is 0.299 e. The highest BCUT2D eigenvalue weighted by atomic mass is 16.1. The Balaban J connectivity index is 1.98. The van der Waals surface area contributed by atoms with Crippen molar-refractivity contribution in [1.82, 2.24) is 0 Å². The molecule has 2 rings (SSSR count). The average Bonchev–Trinajstić information content (AvgIpc) is 2.46. The molecule has 1 aliphatic carbocycles. The van der Waals surface area contributed by atoms with E-state index >= 15 is 0 Å². The van der Waals surface area contributed by atoms with Crippen molar-refractivity contribution in [3.63, 3.8) is 0 Å². The van der Waals surface area contributed by atoms with Crippen LogP contribution < -0.4 is 0 Å². The summed E-state index contributed by atoms with van der Waals surface area (Å²) < 4.78 is 0. The number of hydrogen-bond acceptors (Lipinski definition) is 1. The van der Waals surface area contributed by atoms with E-state index in [9.17, 15) is 4.79 Å². The van der Waals surface area contributed by atoms with E-state index in [0.29, 0.717) is 5.92 Å². The lowest BCUT2D eigenvalue weighted by Gasteiger charge is -2.29. The molecule has 0 bridgehead atoms. The van der Waals surface area contributed by atoms with Crippen LogP contribution >= 0.6 is 0 Å². The molecule has 1 aromatic rings. The standard InChI is InChI=1S/C18H22O/c1-14(2)16-9-11-18(12-10-16)17-7-5-15(6-8-17)4-3-13-19/h3-8,13,16,18H,1,9-12H2,2H3/b4-3+. The quantitative estimate of drug-likeness (QED) is 0.430. The highest BCUT2D eigenvalue weighted by Gasteiger charge is 2.22. The molecule has 0 spiro atoms. The molecule has 0 aliphatic heterocycles. The minimum Gasteiger partial charge on any atom is -0.299 e. The molecular formula is C18H22O. The molecule has 1 fully saturated rings. The Morgan fingerprint density at radius 2 is 1.79 bits per heavy atom. The van der Waals surface area contributed by atoms with Gasteiger partial charge >= 0.3 is 0 Å². The summed E-state index contributed by atoms with van der Waals surface area (Å²) in [7, 11) is 0. The third-order valence-electron chi connectivity index (χ3n) is 4.20. The normalized spacial score (nSPS) is 23.4. The van der Waals surface area contributed by atoms with E-state index in [2.05, 4.69) is 37.8 Å². The summed E-state index contributed by atoms with van der Waals surface area (Å²) in [5, 5.41) is 0. The molecule has 1 aliphatic rings. The highest BCUT2D eigenvalue weighted by Crippen LogP contribution is 2.38. The van der Waals surface area contributed by atoms with Gasteiger partial charge in [0.25, 0.3) is 0 Å². The fourth-order valence-corrected chi connectivity index (χ4v) is 2.95. The first-order valence-electron chi connectivity index (χ1n) is 7.08. The number of carbonyl (C=O) groups is 1. The van der Waals surface area contributed by atoms with Crippen LogP contribution in [0.25, 0.3) is 6.08 Å². The molecule has 0 N–H and O–H groups in total. The molecule has 100 valence electrons. The summed E-state index contributed by atoms with van der Waals surface area (Å²) >= 11 is 0. The van der Waals surface area contributed by atoms with Crippen LogP contribution in [0.4, 0.5) is 0 Å². The monoisotopic (exact) mass is 254 g/mol. The van der Waals surface area contributed by atoms with Crippen LogP contribution in [0.2, 0.25) is 0 Å². The van der Waals surface area contributed by atoms with Gasteiger partial charge in [-0.25, -0.2) is 0 Å². The summed E-state index contributed by atoms with van der Waals surface area (Å²) in [4.78, 5) is 10.3. The summed E-state index contributed by atoms with van der Waals surface area (Å²) in [5.74, 6) is 1.42. The molecule has 1 aromatic carbocycles. The number of carbonyl (C=O) groups excluding carboxylic acids is 1. The molecule has 0 heterocycles. The predicted octanol–water partition coefficient (Wildman–Crippen LogP) is 4.75. The Bertz CT molecular complexity index is 459. The fourth-order valence-electron chi connectivity index (χ4n) is 2.95. The van der Waals surface area contributed by atoms with Gasteiger partial charge in [-0.2, -0.15) is 0 Å². The van der Waals surface area contributed by atoms with Crippen LogP contribution in [0, 0.1) is 5.92 Å². The zero-order valence-corrected chi connectivity index (χ0v) is 11.6. The van der Waals surface area contributed by atoms with Crippen LogP contribution in [0.3, 0.4) is 0 Å². The topological polar surface area (TPSA) is 17.1 Å². The van der Waals surface area contributed by atoms with Crippen molar-refractivity contribution in [2.75, 3.05) is 0 Å². The van der Waals surface area contributed by atoms with Gasteiger partial charge in [-0.05, 0) is 61.6 Å². The molecule has 0 unspecified atom stereocenters. The van der Waals surface area contributed by atoms with Gasteiger partial charge < -0.3 is 0 Å². The number of hydrogen-bond donors (Lipinski definition) is 0. The van der Waals surface area contributed by atoms with Gasteiger partial charge in [-0.15, -0.1) is 0 Å². The van der Waals surface area contributed by atoms with Crippen LogP contribution in [0.1, 0.15) is 49.7 Å². The van der Waals surface area contributed by atoms with E-state index in [1.54, 1.807) is 0 Å². The Hall–Kier alpha value is -1.63. The minimum atomic E-state index is 0.694. The molecular weight excluding hydrogens is 232 g/mol. The van der Waals surface area contributed by atoms with Gasteiger partial charge in [-0.3, -0.25) is 4.79 Å². The molecule has 1 saturated carbocycles. The van der Waals surface area contributed by atoms with Crippen molar-refractivity contribution < 1.29 is 4.79 Å². The maximum atomic E-state index is 10.3. The Kier molecular flexibility index (Phi) is 4.73. The Labute approximate surface area is 116 Å². The van der Waals surface area contributed by atoms with Crippen LogP contribution in [0.5, 0.6) is 0 Å². The number of aldehydes is 1. The molecule has 0 aromatic heterocycles. The molecule has 19 heavy (non-hydrogen) atoms. The third-order valence-corrected chi connectivity index (χ3v) is 4.20.